The van der Waals surface area contributed by atoms with Crippen LogP contribution in [0, 0.1) is 5.92 Å². The quantitative estimate of drug-likeness (QED) is 0.287. The number of nitrogens with zero attached hydrogens (tertiary/aromatic N) is 2. The van der Waals surface area contributed by atoms with Gasteiger partial charge in [-0.3, -0.25) is 14.4 Å². The number of carboxylic acid groups (broad SMARTS) is 1. The molecule has 0 aliphatic carbocycles. The van der Waals surface area contributed by atoms with Gasteiger partial charge in [0.25, 0.3) is 0 Å². The van der Waals surface area contributed by atoms with Gasteiger partial charge in [0, 0.05) is 37.9 Å². The van der Waals surface area contributed by atoms with Gasteiger partial charge in [0.1, 0.15) is 11.9 Å². The first-order valence-corrected chi connectivity index (χ1v) is 13.3. The predicted octanol–water partition coefficient (Wildman–Crippen LogP) is 1.59. The van der Waals surface area contributed by atoms with Crippen LogP contribution in [0.5, 0.6) is 0 Å². The summed E-state index contributed by atoms with van der Waals surface area (Å²) in [6, 6.07) is 18.7. The highest BCUT2D eigenvalue weighted by molar-refractivity contribution is 7.89. The van der Waals surface area contributed by atoms with Gasteiger partial charge in [-0.05, 0) is 42.0 Å². The molecule has 3 aromatic rings. The molecule has 2 aromatic carbocycles. The molecule has 0 saturated carbocycles. The minimum absolute atomic E-state index is 0.0459. The largest absolute Gasteiger partial charge is 0.480 e. The Kier molecular flexibility index (Phi) is 8.34. The first-order valence-electron chi connectivity index (χ1n) is 11.8. The average Bonchev–Trinajstić information content (AvgIpc) is 3.32. The second-order valence-corrected chi connectivity index (χ2v) is 10.4. The van der Waals surface area contributed by atoms with Crippen molar-refractivity contribution in [3.05, 3.63) is 84.6 Å². The molecule has 1 fully saturated rings. The van der Waals surface area contributed by atoms with E-state index in [1.165, 1.54) is 29.2 Å². The van der Waals surface area contributed by atoms with Crippen LogP contribution in [0.3, 0.4) is 0 Å². The number of carbonyl (C=O) groups is 3. The van der Waals surface area contributed by atoms with Crippen molar-refractivity contribution in [2.75, 3.05) is 23.3 Å². The summed E-state index contributed by atoms with van der Waals surface area (Å²) in [5.41, 5.74) is 1.56. The van der Waals surface area contributed by atoms with Gasteiger partial charge in [-0.25, -0.2) is 13.4 Å². The number of carbonyl (C=O) groups excluding carboxylic acids is 2. The number of hydrogen-bond acceptors (Lipinski definition) is 7. The van der Waals surface area contributed by atoms with Crippen molar-refractivity contribution in [1.82, 2.24) is 15.0 Å². The standard InChI is InChI=1S/C26H27N5O6S/c32-24-14-19(17-31(24)20-8-6-7-18(13-20)15-28-23-11-4-5-12-27-23)25(33)29-16-22(26(34)35)30-38(36,37)21-9-2-1-3-10-21/h1-13,19,22,30H,14-17H2,(H,27,28)(H,29,33)(H,34,35). The molecule has 0 spiro atoms. The summed E-state index contributed by atoms with van der Waals surface area (Å²) in [6.07, 6.45) is 1.64. The second-order valence-electron chi connectivity index (χ2n) is 8.71. The lowest BCUT2D eigenvalue weighted by atomic mass is 10.1. The van der Waals surface area contributed by atoms with Crippen LogP contribution in [0.4, 0.5) is 11.5 Å². The summed E-state index contributed by atoms with van der Waals surface area (Å²) < 4.78 is 27.1. The molecular weight excluding hydrogens is 510 g/mol. The number of carboxylic acids is 1. The number of sulfonamides is 1. The number of amides is 2. The Morgan fingerprint density at radius 3 is 2.53 bits per heavy atom. The van der Waals surface area contributed by atoms with Crippen molar-refractivity contribution in [1.29, 1.82) is 0 Å². The van der Waals surface area contributed by atoms with Crippen LogP contribution in [0.15, 0.2) is 83.9 Å². The van der Waals surface area contributed by atoms with E-state index < -0.39 is 40.4 Å². The number of anilines is 2. The zero-order valence-corrected chi connectivity index (χ0v) is 21.1. The van der Waals surface area contributed by atoms with Gasteiger partial charge < -0.3 is 20.6 Å². The van der Waals surface area contributed by atoms with Crippen LogP contribution < -0.4 is 20.3 Å². The molecule has 2 atom stereocenters. The van der Waals surface area contributed by atoms with E-state index in [0.717, 1.165) is 11.4 Å². The number of aromatic nitrogens is 1. The molecule has 0 bridgehead atoms. The van der Waals surface area contributed by atoms with Crippen LogP contribution in [-0.4, -0.2) is 55.4 Å². The fourth-order valence-corrected chi connectivity index (χ4v) is 5.22. The number of pyridine rings is 1. The molecular formula is C26H27N5O6S. The SMILES string of the molecule is O=C(NCC(NS(=O)(=O)c1ccccc1)C(=O)O)C1CC(=O)N(c2cccc(CNc3ccccn3)c2)C1. The first kappa shape index (κ1) is 26.8. The minimum Gasteiger partial charge on any atom is -0.480 e. The summed E-state index contributed by atoms with van der Waals surface area (Å²) in [6.45, 7) is 0.140. The molecule has 0 radical (unpaired) electrons. The number of rotatable bonds is 11. The summed E-state index contributed by atoms with van der Waals surface area (Å²) in [7, 11) is -4.11. The van der Waals surface area contributed by atoms with E-state index in [9.17, 15) is 27.9 Å². The van der Waals surface area contributed by atoms with Gasteiger partial charge in [0.15, 0.2) is 0 Å². The molecule has 2 unspecified atom stereocenters. The maximum absolute atomic E-state index is 12.8. The maximum atomic E-state index is 12.8. The zero-order chi connectivity index (χ0) is 27.1. The summed E-state index contributed by atoms with van der Waals surface area (Å²) >= 11 is 0. The van der Waals surface area contributed by atoms with Crippen LogP contribution in [0.1, 0.15) is 12.0 Å². The zero-order valence-electron chi connectivity index (χ0n) is 20.3. The molecule has 2 heterocycles. The fraction of sp³-hybridized carbons (Fsp3) is 0.231. The monoisotopic (exact) mass is 537 g/mol. The lowest BCUT2D eigenvalue weighted by Crippen LogP contribution is -2.49. The maximum Gasteiger partial charge on any atom is 0.323 e. The normalized spacial score (nSPS) is 16.2. The third kappa shape index (κ3) is 6.72. The van der Waals surface area contributed by atoms with Gasteiger partial charge in [0.05, 0.1) is 10.8 Å². The molecule has 1 aromatic heterocycles. The van der Waals surface area contributed by atoms with Crippen molar-refractivity contribution in [3.63, 3.8) is 0 Å². The molecule has 12 heteroatoms. The molecule has 38 heavy (non-hydrogen) atoms. The smallest absolute Gasteiger partial charge is 0.323 e. The first-order chi connectivity index (χ1) is 18.2. The highest BCUT2D eigenvalue weighted by Gasteiger charge is 2.36. The molecule has 1 aliphatic heterocycles. The van der Waals surface area contributed by atoms with E-state index in [1.54, 1.807) is 18.3 Å². The molecule has 2 amide bonds. The Hall–Kier alpha value is -4.29. The van der Waals surface area contributed by atoms with Gasteiger partial charge in [-0.15, -0.1) is 0 Å². The Labute approximate surface area is 219 Å². The van der Waals surface area contributed by atoms with Crippen molar-refractivity contribution >= 4 is 39.3 Å². The number of benzene rings is 2. The van der Waals surface area contributed by atoms with Crippen molar-refractivity contribution < 1.29 is 27.9 Å². The third-order valence-corrected chi connectivity index (χ3v) is 7.47. The minimum atomic E-state index is -4.11. The lowest BCUT2D eigenvalue weighted by molar-refractivity contribution is -0.139. The van der Waals surface area contributed by atoms with Gasteiger partial charge in [-0.2, -0.15) is 4.72 Å². The topological polar surface area (TPSA) is 158 Å². The number of aliphatic carboxylic acids is 1. The Bertz CT molecular complexity index is 1400. The summed E-state index contributed by atoms with van der Waals surface area (Å²) in [4.78, 5) is 42.8. The van der Waals surface area contributed by atoms with Crippen LogP contribution in [0.25, 0.3) is 0 Å². The van der Waals surface area contributed by atoms with Crippen molar-refractivity contribution in [2.24, 2.45) is 5.92 Å². The molecule has 1 saturated heterocycles. The molecule has 1 aliphatic rings. The summed E-state index contributed by atoms with van der Waals surface area (Å²) in [5, 5.41) is 15.2. The van der Waals surface area contributed by atoms with Gasteiger partial charge in [-0.1, -0.05) is 36.4 Å². The fourth-order valence-electron chi connectivity index (χ4n) is 4.01. The Morgan fingerprint density at radius 2 is 1.82 bits per heavy atom. The van der Waals surface area contributed by atoms with Gasteiger partial charge in [0.2, 0.25) is 21.8 Å². The van der Waals surface area contributed by atoms with E-state index in [0.29, 0.717) is 12.2 Å². The predicted molar refractivity (Wildman–Crippen MR) is 140 cm³/mol. The van der Waals surface area contributed by atoms with Gasteiger partial charge >= 0.3 is 5.97 Å². The van der Waals surface area contributed by atoms with E-state index in [2.05, 4.69) is 20.3 Å². The van der Waals surface area contributed by atoms with E-state index in [-0.39, 0.29) is 23.8 Å². The molecule has 4 rings (SSSR count). The number of hydrogen-bond donors (Lipinski definition) is 4. The van der Waals surface area contributed by atoms with E-state index >= 15 is 0 Å². The molecule has 198 valence electrons. The van der Waals surface area contributed by atoms with Crippen LogP contribution >= 0.6 is 0 Å². The van der Waals surface area contributed by atoms with Crippen LogP contribution in [0.2, 0.25) is 0 Å². The highest BCUT2D eigenvalue weighted by atomic mass is 32.2. The lowest BCUT2D eigenvalue weighted by Gasteiger charge is -2.19. The Balaban J connectivity index is 1.34. The Morgan fingerprint density at radius 1 is 1.05 bits per heavy atom. The summed E-state index contributed by atoms with van der Waals surface area (Å²) in [5.74, 6) is -2.20. The second kappa shape index (κ2) is 11.8. The number of nitrogens with one attached hydrogen (secondary N) is 3. The van der Waals surface area contributed by atoms with Crippen molar-refractivity contribution in [3.8, 4) is 0 Å². The van der Waals surface area contributed by atoms with Crippen molar-refractivity contribution in [2.45, 2.75) is 23.9 Å². The third-order valence-electron chi connectivity index (χ3n) is 5.99. The average molecular weight is 538 g/mol. The van der Waals surface area contributed by atoms with E-state index in [4.69, 9.17) is 0 Å². The van der Waals surface area contributed by atoms with Crippen LogP contribution in [-0.2, 0) is 31.0 Å². The highest BCUT2D eigenvalue weighted by Crippen LogP contribution is 2.26. The van der Waals surface area contributed by atoms with E-state index in [1.807, 2.05) is 36.4 Å². The molecule has 11 nitrogen and oxygen atoms in total. The molecule has 4 N–H and O–H groups in total.